The van der Waals surface area contributed by atoms with Gasteiger partial charge >= 0.3 is 6.61 Å². The van der Waals surface area contributed by atoms with Crippen LogP contribution in [0.3, 0.4) is 0 Å². The van der Waals surface area contributed by atoms with Crippen molar-refractivity contribution < 1.29 is 23.2 Å². The summed E-state index contributed by atoms with van der Waals surface area (Å²) in [4.78, 5) is 21.0. The highest BCUT2D eigenvalue weighted by Gasteiger charge is 2.21. The van der Waals surface area contributed by atoms with E-state index in [0.717, 1.165) is 19.1 Å². The SMILES string of the molecule is CC(=O)c1cc([N+](=O)[O-])c(Br)cc1OC(F)F. The first-order valence-corrected chi connectivity index (χ1v) is 5.06. The van der Waals surface area contributed by atoms with E-state index in [1.165, 1.54) is 0 Å². The molecule has 0 bridgehead atoms. The van der Waals surface area contributed by atoms with Crippen LogP contribution in [0.25, 0.3) is 0 Å². The number of hydrogen-bond donors (Lipinski definition) is 0. The largest absolute Gasteiger partial charge is 0.434 e. The minimum absolute atomic E-state index is 0.0387. The molecule has 0 atom stereocenters. The monoisotopic (exact) mass is 309 g/mol. The van der Waals surface area contributed by atoms with E-state index in [0.29, 0.717) is 0 Å². The third kappa shape index (κ3) is 3.19. The first-order chi connectivity index (χ1) is 7.82. The zero-order valence-corrected chi connectivity index (χ0v) is 10.0. The molecule has 0 saturated carbocycles. The van der Waals surface area contributed by atoms with Crippen molar-refractivity contribution >= 4 is 27.4 Å². The smallest absolute Gasteiger partial charge is 0.387 e. The maximum Gasteiger partial charge on any atom is 0.387 e. The molecule has 0 aliphatic carbocycles. The quantitative estimate of drug-likeness (QED) is 0.486. The van der Waals surface area contributed by atoms with Crippen LogP contribution in [0, 0.1) is 10.1 Å². The fraction of sp³-hybridized carbons (Fsp3) is 0.222. The maximum absolute atomic E-state index is 12.1. The van der Waals surface area contributed by atoms with Crippen LogP contribution in [-0.2, 0) is 0 Å². The Balaban J connectivity index is 3.35. The van der Waals surface area contributed by atoms with Crippen molar-refractivity contribution in [1.29, 1.82) is 0 Å². The molecule has 8 heteroatoms. The van der Waals surface area contributed by atoms with Gasteiger partial charge in [0.2, 0.25) is 0 Å². The van der Waals surface area contributed by atoms with E-state index in [4.69, 9.17) is 0 Å². The average Bonchev–Trinajstić information content (AvgIpc) is 2.15. The molecular formula is C9H6BrF2NO4. The van der Waals surface area contributed by atoms with Gasteiger partial charge in [0, 0.05) is 12.1 Å². The molecule has 0 spiro atoms. The van der Waals surface area contributed by atoms with Crippen LogP contribution >= 0.6 is 15.9 Å². The second-order valence-corrected chi connectivity index (χ2v) is 3.85. The van der Waals surface area contributed by atoms with Gasteiger partial charge in [-0.15, -0.1) is 0 Å². The van der Waals surface area contributed by atoms with Crippen molar-refractivity contribution in [3.05, 3.63) is 32.3 Å². The maximum atomic E-state index is 12.1. The molecule has 0 saturated heterocycles. The summed E-state index contributed by atoms with van der Waals surface area (Å²) < 4.78 is 28.2. The van der Waals surface area contributed by atoms with Gasteiger partial charge in [-0.1, -0.05) is 0 Å². The van der Waals surface area contributed by atoms with Gasteiger partial charge in [0.15, 0.2) is 5.78 Å². The van der Waals surface area contributed by atoms with Crippen LogP contribution in [0.2, 0.25) is 0 Å². The lowest BCUT2D eigenvalue weighted by Gasteiger charge is -2.09. The number of benzene rings is 1. The number of halogens is 3. The van der Waals surface area contributed by atoms with Gasteiger partial charge in [-0.25, -0.2) is 0 Å². The Morgan fingerprint density at radius 1 is 1.53 bits per heavy atom. The number of ketones is 1. The minimum Gasteiger partial charge on any atom is -0.434 e. The van der Waals surface area contributed by atoms with Gasteiger partial charge in [0.1, 0.15) is 5.75 Å². The van der Waals surface area contributed by atoms with Gasteiger partial charge in [0.05, 0.1) is 15.0 Å². The summed E-state index contributed by atoms with van der Waals surface area (Å²) in [7, 11) is 0. The highest BCUT2D eigenvalue weighted by molar-refractivity contribution is 9.10. The number of nitro benzene ring substituents is 1. The number of nitrogens with zero attached hydrogens (tertiary/aromatic N) is 1. The molecule has 5 nitrogen and oxygen atoms in total. The van der Waals surface area contributed by atoms with Crippen LogP contribution < -0.4 is 4.74 Å². The van der Waals surface area contributed by atoms with Gasteiger partial charge in [0.25, 0.3) is 5.69 Å². The molecule has 0 N–H and O–H groups in total. The molecule has 0 unspecified atom stereocenters. The normalized spacial score (nSPS) is 10.4. The standard InChI is InChI=1S/C9H6BrF2NO4/c1-4(14)5-2-7(13(15)16)6(10)3-8(5)17-9(11)12/h2-3,9H,1H3. The van der Waals surface area contributed by atoms with E-state index in [2.05, 4.69) is 20.7 Å². The molecule has 0 aromatic heterocycles. The third-order valence-corrected chi connectivity index (χ3v) is 2.48. The van der Waals surface area contributed by atoms with Crippen molar-refractivity contribution in [3.63, 3.8) is 0 Å². The van der Waals surface area contributed by atoms with Crippen LogP contribution in [-0.4, -0.2) is 17.3 Å². The lowest BCUT2D eigenvalue weighted by molar-refractivity contribution is -0.385. The van der Waals surface area contributed by atoms with E-state index in [1.54, 1.807) is 0 Å². The lowest BCUT2D eigenvalue weighted by atomic mass is 10.1. The molecule has 17 heavy (non-hydrogen) atoms. The van der Waals surface area contributed by atoms with Crippen LogP contribution in [0.1, 0.15) is 17.3 Å². The topological polar surface area (TPSA) is 69.4 Å². The summed E-state index contributed by atoms with van der Waals surface area (Å²) in [5.74, 6) is -0.999. The van der Waals surface area contributed by atoms with Crippen LogP contribution in [0.5, 0.6) is 5.75 Å². The molecule has 0 radical (unpaired) electrons. The third-order valence-electron chi connectivity index (χ3n) is 1.84. The minimum atomic E-state index is -3.11. The van der Waals surface area contributed by atoms with Gasteiger partial charge in [-0.3, -0.25) is 14.9 Å². The first-order valence-electron chi connectivity index (χ1n) is 4.26. The van der Waals surface area contributed by atoms with Gasteiger partial charge in [-0.2, -0.15) is 8.78 Å². The van der Waals surface area contributed by atoms with Crippen molar-refractivity contribution in [1.82, 2.24) is 0 Å². The Bertz CT molecular complexity index is 478. The highest BCUT2D eigenvalue weighted by atomic mass is 79.9. The van der Waals surface area contributed by atoms with E-state index in [1.807, 2.05) is 0 Å². The Hall–Kier alpha value is -1.57. The molecule has 0 fully saturated rings. The molecular weight excluding hydrogens is 304 g/mol. The predicted molar refractivity (Wildman–Crippen MR) is 57.4 cm³/mol. The zero-order valence-electron chi connectivity index (χ0n) is 8.45. The Morgan fingerprint density at radius 3 is 2.53 bits per heavy atom. The number of rotatable bonds is 4. The molecule has 1 aromatic rings. The van der Waals surface area contributed by atoms with Gasteiger partial charge in [-0.05, 0) is 22.9 Å². The number of ether oxygens (including phenoxy) is 1. The molecule has 1 aromatic carbocycles. The fourth-order valence-electron chi connectivity index (χ4n) is 1.15. The molecule has 0 heterocycles. The summed E-state index contributed by atoms with van der Waals surface area (Å²) in [5.41, 5.74) is -0.656. The molecule has 1 rings (SSSR count). The number of carbonyl (C=O) groups is 1. The fourth-order valence-corrected chi connectivity index (χ4v) is 1.62. The van der Waals surface area contributed by atoms with Crippen molar-refractivity contribution in [3.8, 4) is 5.75 Å². The summed E-state index contributed by atoms with van der Waals surface area (Å²) in [5, 5.41) is 10.6. The number of alkyl halides is 2. The predicted octanol–water partition coefficient (Wildman–Crippen LogP) is 3.16. The number of hydrogen-bond acceptors (Lipinski definition) is 4. The number of carbonyl (C=O) groups excluding carboxylic acids is 1. The Labute approximate surface area is 103 Å². The van der Waals surface area contributed by atoms with E-state index in [-0.39, 0.29) is 10.0 Å². The second-order valence-electron chi connectivity index (χ2n) is 2.99. The highest BCUT2D eigenvalue weighted by Crippen LogP contribution is 2.33. The lowest BCUT2D eigenvalue weighted by Crippen LogP contribution is -2.07. The van der Waals surface area contributed by atoms with Crippen LogP contribution in [0.15, 0.2) is 16.6 Å². The molecule has 0 aliphatic rings. The summed E-state index contributed by atoms with van der Waals surface area (Å²) in [6, 6.07) is 1.87. The first kappa shape index (κ1) is 13.5. The average molecular weight is 310 g/mol. The van der Waals surface area contributed by atoms with Crippen molar-refractivity contribution in [2.45, 2.75) is 13.5 Å². The number of nitro groups is 1. The molecule has 0 amide bonds. The van der Waals surface area contributed by atoms with Gasteiger partial charge < -0.3 is 4.74 Å². The Morgan fingerprint density at radius 2 is 2.12 bits per heavy atom. The summed E-state index contributed by atoms with van der Waals surface area (Å²) in [6.45, 7) is -2.01. The molecule has 92 valence electrons. The Kier molecular flexibility index (Phi) is 4.11. The summed E-state index contributed by atoms with van der Waals surface area (Å²) in [6.07, 6.45) is 0. The van der Waals surface area contributed by atoms with E-state index < -0.39 is 28.8 Å². The number of Topliss-reactive ketones (excluding diaryl/α,β-unsaturated/α-hetero) is 1. The zero-order chi connectivity index (χ0) is 13.2. The molecule has 0 aliphatic heterocycles. The second kappa shape index (κ2) is 5.17. The van der Waals surface area contributed by atoms with Crippen LogP contribution in [0.4, 0.5) is 14.5 Å². The van der Waals surface area contributed by atoms with E-state index >= 15 is 0 Å². The van der Waals surface area contributed by atoms with E-state index in [9.17, 15) is 23.7 Å². The van der Waals surface area contributed by atoms with Crippen molar-refractivity contribution in [2.24, 2.45) is 0 Å². The summed E-state index contributed by atoms with van der Waals surface area (Å²) >= 11 is 2.84. The van der Waals surface area contributed by atoms with Crippen molar-refractivity contribution in [2.75, 3.05) is 0 Å².